The van der Waals surface area contributed by atoms with Crippen LogP contribution >= 0.6 is 0 Å². The zero-order chi connectivity index (χ0) is 13.9. The molecule has 0 aromatic rings. The van der Waals surface area contributed by atoms with Crippen molar-refractivity contribution >= 4 is 31.2 Å². The van der Waals surface area contributed by atoms with Crippen molar-refractivity contribution in [3.63, 3.8) is 0 Å². The molecule has 0 amide bonds. The molecule has 19 heteroatoms. The molecule has 0 aliphatic heterocycles. The number of rotatable bonds is 0. The molecule has 0 atom stereocenters. The van der Waals surface area contributed by atoms with Gasteiger partial charge in [0.25, 0.3) is 0 Å². The number of carboxylic acids is 4. The Morgan fingerprint density at radius 1 is 0.435 bits per heavy atom. The Labute approximate surface area is 215 Å². The average Bonchev–Trinajstić information content (AvgIpc) is 2.03. The van der Waals surface area contributed by atoms with Crippen LogP contribution in [0.15, 0.2) is 0 Å². The molecule has 0 spiro atoms. The fraction of sp³-hybridized carbons (Fsp3) is 0. The van der Waals surface area contributed by atoms with Crippen LogP contribution in [0, 0.1) is 0 Å². The molecule has 0 aromatic carbocycles. The minimum absolute atomic E-state index is 0. The molecule has 0 saturated heterocycles. The molecule has 0 bridgehead atoms. The predicted octanol–water partition coefficient (Wildman–Crippen LogP) is -31.9. The van der Waals surface area contributed by atoms with Crippen LogP contribution in [-0.2, 0) is 19.2 Å². The van der Waals surface area contributed by atoms with Crippen molar-refractivity contribution < 1.29 is 187 Å². The first kappa shape index (κ1) is 64.0. The van der Waals surface area contributed by atoms with Gasteiger partial charge in [0.1, 0.15) is 0 Å². The fourth-order valence-corrected chi connectivity index (χ4v) is 0. The Hall–Kier alpha value is 2.01. The number of carbonyl (C=O) groups excluding carboxylic acids is 4. The van der Waals surface area contributed by atoms with Crippen LogP contribution in [-0.4, -0.2) is 31.2 Å². The van der Waals surface area contributed by atoms with Crippen molar-refractivity contribution in [1.82, 2.24) is 0 Å². The Balaban J connectivity index is -0.0000000121. The van der Waals surface area contributed by atoms with Gasteiger partial charge in [0.05, 0.1) is 23.9 Å². The van der Waals surface area contributed by atoms with E-state index in [-0.39, 0.29) is 132 Å². The first-order chi connectivity index (χ1) is 7.02. The number of hydrogen-bond acceptors (Lipinski definition) is 11. The summed E-state index contributed by atoms with van der Waals surface area (Å²) in [6.45, 7) is 0. The summed E-state index contributed by atoms with van der Waals surface area (Å²) in [5.74, 6) is -8.74. The van der Waals surface area contributed by atoms with E-state index in [2.05, 4.69) is 0 Å². The third-order valence-corrected chi connectivity index (χ3v) is 0.333. The summed E-state index contributed by atoms with van der Waals surface area (Å²) >= 11 is 0. The van der Waals surface area contributed by atoms with Gasteiger partial charge in [-0.25, -0.2) is 0 Å². The van der Waals surface area contributed by atoms with Gasteiger partial charge in [0.15, 0.2) is 0 Å². The monoisotopic (exact) mass is 284 g/mol. The maximum atomic E-state index is 8.93. The Morgan fingerprint density at radius 2 is 0.478 bits per heavy atom. The normalized spacial score (nSPS) is 5.00. The second-order valence-electron chi connectivity index (χ2n) is 1.44. The largest absolute Gasteiger partial charge is 1.00 e. The zero-order valence-corrected chi connectivity index (χ0v) is 14.1. The second-order valence-corrected chi connectivity index (χ2v) is 1.44. The molecule has 92 valence electrons. The second kappa shape index (κ2) is 43.9. The molecular weight excluding hydrogens is 283 g/mol. The third-order valence-electron chi connectivity index (χ3n) is 0.333. The smallest absolute Gasteiger partial charge is 0.907 e. The van der Waals surface area contributed by atoms with Gasteiger partial charge in [-0.15, -0.1) is 0 Å². The minimum Gasteiger partial charge on any atom is -0.907 e. The van der Waals surface area contributed by atoms with E-state index < -0.39 is 31.2 Å². The standard InChI is InChI=1S/2C2H2O4.BO3.7Li/c2*3-1(4)2(5)6;2-1(3)4;;;;;;;/h2*(H,3,4)(H,5,6);;;;;;;;/q;;-3;7*+1/p-4. The molecule has 11 nitrogen and oxygen atoms in total. The van der Waals surface area contributed by atoms with Gasteiger partial charge in [-0.3, -0.25) is 7.32 Å². The molecule has 0 aliphatic carbocycles. The van der Waals surface area contributed by atoms with Crippen molar-refractivity contribution in [1.29, 1.82) is 0 Å². The van der Waals surface area contributed by atoms with Crippen LogP contribution in [0.3, 0.4) is 0 Å². The Bertz CT molecular complexity index is 226. The average molecular weight is 283 g/mol. The van der Waals surface area contributed by atoms with Crippen LogP contribution in [0.1, 0.15) is 0 Å². The van der Waals surface area contributed by atoms with Crippen molar-refractivity contribution in [3.8, 4) is 0 Å². The maximum Gasteiger partial charge on any atom is 1.00 e. The molecular formula is C4BLi7O11. The number of carbonyl (C=O) groups is 4. The van der Waals surface area contributed by atoms with E-state index in [1.807, 2.05) is 0 Å². The van der Waals surface area contributed by atoms with E-state index in [1.54, 1.807) is 0 Å². The molecule has 0 aromatic heterocycles. The van der Waals surface area contributed by atoms with E-state index in [9.17, 15) is 0 Å². The maximum absolute atomic E-state index is 8.93. The van der Waals surface area contributed by atoms with Crippen LogP contribution in [0.4, 0.5) is 0 Å². The van der Waals surface area contributed by atoms with E-state index in [0.29, 0.717) is 0 Å². The van der Waals surface area contributed by atoms with Crippen molar-refractivity contribution in [2.45, 2.75) is 0 Å². The predicted molar refractivity (Wildman–Crippen MR) is 25.8 cm³/mol. The van der Waals surface area contributed by atoms with Crippen molar-refractivity contribution in [2.75, 3.05) is 0 Å². The Kier molecular flexibility index (Phi) is 122. The molecule has 0 rings (SSSR count). The molecule has 0 heterocycles. The third kappa shape index (κ3) is 116. The topological polar surface area (TPSA) is 230 Å². The SMILES string of the molecule is O=C([O-])C(=O)[O-].O=C([O-])C(=O)[O-].[Li+].[Li+].[Li+].[Li+].[Li+].[Li+].[Li+].[O-]B([O-])[O-]. The summed E-state index contributed by atoms with van der Waals surface area (Å²) in [5, 5.41) is 61.0. The quantitative estimate of drug-likeness (QED) is 0.299. The van der Waals surface area contributed by atoms with Gasteiger partial charge in [-0.2, -0.15) is 0 Å². The van der Waals surface area contributed by atoms with E-state index in [0.717, 1.165) is 0 Å². The number of hydrogen-bond donors (Lipinski definition) is 0. The first-order valence-corrected chi connectivity index (χ1v) is 2.84. The fourth-order valence-electron chi connectivity index (χ4n) is 0. The summed E-state index contributed by atoms with van der Waals surface area (Å²) in [6.07, 6.45) is 0. The van der Waals surface area contributed by atoms with Crippen LogP contribution in [0.2, 0.25) is 0 Å². The van der Waals surface area contributed by atoms with E-state index >= 15 is 0 Å². The molecule has 0 radical (unpaired) electrons. The number of aliphatic carboxylic acids is 4. The summed E-state index contributed by atoms with van der Waals surface area (Å²) in [6, 6.07) is 0. The van der Waals surface area contributed by atoms with Gasteiger partial charge in [0, 0.05) is 0 Å². The summed E-state index contributed by atoms with van der Waals surface area (Å²) in [7, 11) is -2.92. The minimum atomic E-state index is -2.92. The van der Waals surface area contributed by atoms with Gasteiger partial charge < -0.3 is 54.7 Å². The summed E-state index contributed by atoms with van der Waals surface area (Å²) in [5.41, 5.74) is 0. The first-order valence-electron chi connectivity index (χ1n) is 2.84. The molecule has 0 fully saturated rings. The summed E-state index contributed by atoms with van der Waals surface area (Å²) in [4.78, 5) is 35.7. The zero-order valence-electron chi connectivity index (χ0n) is 14.1. The summed E-state index contributed by atoms with van der Waals surface area (Å²) < 4.78 is 0. The Morgan fingerprint density at radius 3 is 0.478 bits per heavy atom. The van der Waals surface area contributed by atoms with Gasteiger partial charge in [0.2, 0.25) is 0 Å². The van der Waals surface area contributed by atoms with E-state index in [1.165, 1.54) is 0 Å². The molecule has 0 aliphatic rings. The molecule has 0 unspecified atom stereocenters. The van der Waals surface area contributed by atoms with Crippen molar-refractivity contribution in [3.05, 3.63) is 0 Å². The van der Waals surface area contributed by atoms with Gasteiger partial charge in [-0.05, 0) is 0 Å². The van der Waals surface area contributed by atoms with E-state index in [4.69, 9.17) is 54.7 Å². The van der Waals surface area contributed by atoms with Gasteiger partial charge >= 0.3 is 132 Å². The van der Waals surface area contributed by atoms with Crippen LogP contribution < -0.4 is 168 Å². The molecule has 23 heavy (non-hydrogen) atoms. The molecule has 0 saturated carbocycles. The van der Waals surface area contributed by atoms with Crippen LogP contribution in [0.25, 0.3) is 0 Å². The van der Waals surface area contributed by atoms with Crippen molar-refractivity contribution in [2.24, 2.45) is 0 Å². The van der Waals surface area contributed by atoms with Gasteiger partial charge in [-0.1, -0.05) is 0 Å². The van der Waals surface area contributed by atoms with Crippen LogP contribution in [0.5, 0.6) is 0 Å². The number of carboxylic acid groups (broad SMARTS) is 4. The molecule has 0 N–H and O–H groups in total.